The van der Waals surface area contributed by atoms with Crippen molar-refractivity contribution in [2.24, 2.45) is 0 Å². The number of methoxy groups -OCH3 is 1. The van der Waals surface area contributed by atoms with Gasteiger partial charge in [-0.25, -0.2) is 9.88 Å². The van der Waals surface area contributed by atoms with E-state index in [2.05, 4.69) is 15.2 Å². The molecule has 0 spiro atoms. The van der Waals surface area contributed by atoms with E-state index in [4.69, 9.17) is 4.74 Å². The fourth-order valence-electron chi connectivity index (χ4n) is 3.11. The first-order valence-electron chi connectivity index (χ1n) is 8.72. The highest BCUT2D eigenvalue weighted by Gasteiger charge is 2.41. The van der Waals surface area contributed by atoms with Gasteiger partial charge in [0.1, 0.15) is 11.0 Å². The molecule has 8 heteroatoms. The van der Waals surface area contributed by atoms with E-state index in [1.807, 2.05) is 31.2 Å². The van der Waals surface area contributed by atoms with Gasteiger partial charge in [-0.15, -0.1) is 5.10 Å². The number of hydrogen-bond donors (Lipinski definition) is 1. The maximum Gasteiger partial charge on any atom is 0.248 e. The molecule has 0 aliphatic carbocycles. The van der Waals surface area contributed by atoms with Gasteiger partial charge in [0.25, 0.3) is 0 Å². The fraction of sp³-hybridized carbons (Fsp3) is 0.200. The number of anilines is 1. The molecule has 2 heterocycles. The zero-order valence-electron chi connectivity index (χ0n) is 15.4. The van der Waals surface area contributed by atoms with Crippen molar-refractivity contribution < 1.29 is 14.3 Å². The van der Waals surface area contributed by atoms with E-state index >= 15 is 0 Å². The number of benzene rings is 2. The number of aryl methyl sites for hydroxylation is 1. The molecule has 0 bridgehead atoms. The topological polar surface area (TPSA) is 88.2 Å². The van der Waals surface area contributed by atoms with E-state index in [1.54, 1.807) is 24.3 Å². The van der Waals surface area contributed by atoms with Crippen molar-refractivity contribution in [3.05, 3.63) is 54.1 Å². The van der Waals surface area contributed by atoms with Crippen molar-refractivity contribution in [2.75, 3.05) is 12.0 Å². The second kappa shape index (κ2) is 7.47. The fourth-order valence-corrected chi connectivity index (χ4v) is 4.04. The lowest BCUT2D eigenvalue weighted by Gasteiger charge is -2.17. The number of rotatable bonds is 5. The summed E-state index contributed by atoms with van der Waals surface area (Å²) >= 11 is 1.19. The van der Waals surface area contributed by atoms with E-state index in [0.717, 1.165) is 11.1 Å². The smallest absolute Gasteiger partial charge is 0.248 e. The minimum Gasteiger partial charge on any atom is -0.495 e. The van der Waals surface area contributed by atoms with Crippen LogP contribution in [0.25, 0.3) is 11.4 Å². The molecule has 0 saturated carbocycles. The average molecular weight is 394 g/mol. The number of para-hydroxylation sites is 2. The summed E-state index contributed by atoms with van der Waals surface area (Å²) in [5.41, 5.74) is 2.49. The van der Waals surface area contributed by atoms with Crippen molar-refractivity contribution in [3.8, 4) is 17.1 Å². The number of nitrogens with zero attached hydrogens (tertiary/aromatic N) is 3. The van der Waals surface area contributed by atoms with Crippen LogP contribution in [0.2, 0.25) is 0 Å². The number of nitrogens with one attached hydrogen (secondary N) is 1. The molecule has 1 fully saturated rings. The first kappa shape index (κ1) is 18.2. The Morgan fingerprint density at radius 2 is 2.00 bits per heavy atom. The summed E-state index contributed by atoms with van der Waals surface area (Å²) in [6.07, 6.45) is 0.0931. The SMILES string of the molecule is COc1ccccc1N1C(=O)C[C@@H](Sc2n[nH]c(-c3cccc(C)c3)n2)C1=O. The van der Waals surface area contributed by atoms with Gasteiger partial charge in [0.15, 0.2) is 5.82 Å². The van der Waals surface area contributed by atoms with Crippen molar-refractivity contribution in [3.63, 3.8) is 0 Å². The van der Waals surface area contributed by atoms with Crippen molar-refractivity contribution >= 4 is 29.3 Å². The maximum absolute atomic E-state index is 12.9. The molecular formula is C20H18N4O3S. The molecule has 1 saturated heterocycles. The largest absolute Gasteiger partial charge is 0.495 e. The number of hydrogen-bond acceptors (Lipinski definition) is 6. The Morgan fingerprint density at radius 3 is 2.79 bits per heavy atom. The van der Waals surface area contributed by atoms with Crippen LogP contribution in [0, 0.1) is 6.92 Å². The van der Waals surface area contributed by atoms with Gasteiger partial charge in [0.2, 0.25) is 17.0 Å². The van der Waals surface area contributed by atoms with Crippen LogP contribution < -0.4 is 9.64 Å². The number of carbonyl (C=O) groups is 2. The maximum atomic E-state index is 12.9. The Hall–Kier alpha value is -3.13. The van der Waals surface area contributed by atoms with Crippen molar-refractivity contribution in [1.82, 2.24) is 15.2 Å². The summed E-state index contributed by atoms with van der Waals surface area (Å²) in [6.45, 7) is 2.00. The number of ether oxygens (including phenoxy) is 1. The van der Waals surface area contributed by atoms with Crippen LogP contribution in [0.5, 0.6) is 5.75 Å². The summed E-state index contributed by atoms with van der Waals surface area (Å²) in [4.78, 5) is 31.0. The number of aromatic amines is 1. The molecule has 28 heavy (non-hydrogen) atoms. The van der Waals surface area contributed by atoms with E-state index < -0.39 is 5.25 Å². The minimum atomic E-state index is -0.571. The zero-order valence-corrected chi connectivity index (χ0v) is 16.2. The molecule has 4 rings (SSSR count). The van der Waals surface area contributed by atoms with Crippen LogP contribution in [0.1, 0.15) is 12.0 Å². The molecule has 1 aliphatic heterocycles. The van der Waals surface area contributed by atoms with Gasteiger partial charge < -0.3 is 4.74 Å². The Bertz CT molecular complexity index is 1050. The van der Waals surface area contributed by atoms with Gasteiger partial charge in [-0.05, 0) is 25.1 Å². The van der Waals surface area contributed by atoms with Crippen LogP contribution in [-0.2, 0) is 9.59 Å². The van der Waals surface area contributed by atoms with Crippen LogP contribution >= 0.6 is 11.8 Å². The number of aromatic nitrogens is 3. The molecule has 1 atom stereocenters. The van der Waals surface area contributed by atoms with Gasteiger partial charge in [-0.3, -0.25) is 14.7 Å². The molecule has 2 amide bonds. The third kappa shape index (κ3) is 3.38. The quantitative estimate of drug-likeness (QED) is 0.669. The number of carbonyl (C=O) groups excluding carboxylic acids is 2. The molecule has 1 N–H and O–H groups in total. The third-order valence-corrected chi connectivity index (χ3v) is 5.48. The number of imide groups is 1. The summed E-state index contributed by atoms with van der Waals surface area (Å²) in [6, 6.07) is 14.9. The minimum absolute atomic E-state index is 0.0931. The monoisotopic (exact) mass is 394 g/mol. The van der Waals surface area contributed by atoms with E-state index in [9.17, 15) is 9.59 Å². The normalized spacial score (nSPS) is 16.6. The summed E-state index contributed by atoms with van der Waals surface area (Å²) in [7, 11) is 1.51. The standard InChI is InChI=1S/C20H18N4O3S/c1-12-6-5-7-13(10-12)18-21-20(23-22-18)28-16-11-17(25)24(19(16)26)14-8-3-4-9-15(14)27-2/h3-10,16H,11H2,1-2H3,(H,21,22,23)/t16-/m1/s1. The third-order valence-electron chi connectivity index (χ3n) is 4.44. The van der Waals surface area contributed by atoms with Gasteiger partial charge in [0.05, 0.1) is 12.8 Å². The summed E-state index contributed by atoms with van der Waals surface area (Å²) in [5.74, 6) is 0.557. The second-order valence-electron chi connectivity index (χ2n) is 6.39. The first-order chi connectivity index (χ1) is 13.6. The lowest BCUT2D eigenvalue weighted by atomic mass is 10.1. The number of H-pyrrole nitrogens is 1. The molecular weight excluding hydrogens is 376 g/mol. The highest BCUT2D eigenvalue weighted by atomic mass is 32.2. The van der Waals surface area contributed by atoms with E-state index in [0.29, 0.717) is 22.4 Å². The molecule has 0 radical (unpaired) electrons. The van der Waals surface area contributed by atoms with Gasteiger partial charge in [-0.1, -0.05) is 47.7 Å². The highest BCUT2D eigenvalue weighted by molar-refractivity contribution is 8.00. The van der Waals surface area contributed by atoms with Crippen LogP contribution in [0.3, 0.4) is 0 Å². The van der Waals surface area contributed by atoms with Crippen molar-refractivity contribution in [1.29, 1.82) is 0 Å². The van der Waals surface area contributed by atoms with Crippen LogP contribution in [-0.4, -0.2) is 39.4 Å². The lowest BCUT2D eigenvalue weighted by molar-refractivity contribution is -0.121. The van der Waals surface area contributed by atoms with Crippen LogP contribution in [0.15, 0.2) is 53.7 Å². The van der Waals surface area contributed by atoms with Crippen LogP contribution in [0.4, 0.5) is 5.69 Å². The molecule has 0 unspecified atom stereocenters. The van der Waals surface area contributed by atoms with E-state index in [1.165, 1.54) is 23.8 Å². The Balaban J connectivity index is 1.54. The van der Waals surface area contributed by atoms with Gasteiger partial charge >= 0.3 is 0 Å². The van der Waals surface area contributed by atoms with Gasteiger partial charge in [0, 0.05) is 12.0 Å². The number of amides is 2. The average Bonchev–Trinajstić information content (AvgIpc) is 3.27. The van der Waals surface area contributed by atoms with Gasteiger partial charge in [-0.2, -0.15) is 0 Å². The zero-order chi connectivity index (χ0) is 19.7. The molecule has 3 aromatic rings. The number of thioether (sulfide) groups is 1. The molecule has 1 aliphatic rings. The first-order valence-corrected chi connectivity index (χ1v) is 9.60. The van der Waals surface area contributed by atoms with Crippen molar-refractivity contribution in [2.45, 2.75) is 23.8 Å². The van der Waals surface area contributed by atoms with E-state index in [-0.39, 0.29) is 18.2 Å². The Labute approximate surface area is 166 Å². The second-order valence-corrected chi connectivity index (χ2v) is 7.56. The predicted molar refractivity (Wildman–Crippen MR) is 106 cm³/mol. The Kier molecular flexibility index (Phi) is 4.87. The lowest BCUT2D eigenvalue weighted by Crippen LogP contribution is -2.31. The Morgan fingerprint density at radius 1 is 1.18 bits per heavy atom. The summed E-state index contributed by atoms with van der Waals surface area (Å²) < 4.78 is 5.29. The molecule has 142 valence electrons. The molecule has 1 aromatic heterocycles. The highest BCUT2D eigenvalue weighted by Crippen LogP contribution is 2.36. The molecule has 7 nitrogen and oxygen atoms in total. The molecule has 2 aromatic carbocycles. The summed E-state index contributed by atoms with van der Waals surface area (Å²) in [5, 5.41) is 6.96. The predicted octanol–water partition coefficient (Wildman–Crippen LogP) is 3.21.